The van der Waals surface area contributed by atoms with Crippen LogP contribution in [0.25, 0.3) is 0 Å². The number of halogens is 4. The number of hydrogen-bond donors (Lipinski definition) is 1. The third-order valence-electron chi connectivity index (χ3n) is 2.45. The molecule has 0 radical (unpaired) electrons. The van der Waals surface area contributed by atoms with Crippen molar-refractivity contribution in [2.75, 3.05) is 5.32 Å². The minimum Gasteiger partial charge on any atom is -0.381 e. The van der Waals surface area contributed by atoms with Gasteiger partial charge in [-0.15, -0.1) is 0 Å². The van der Waals surface area contributed by atoms with E-state index in [0.717, 1.165) is 10.2 Å². The van der Waals surface area contributed by atoms with Gasteiger partial charge in [-0.05, 0) is 52.3 Å². The first-order valence-electron chi connectivity index (χ1n) is 5.20. The van der Waals surface area contributed by atoms with Gasteiger partial charge in [0, 0.05) is 22.3 Å². The van der Waals surface area contributed by atoms with Gasteiger partial charge in [0.25, 0.3) is 0 Å². The highest BCUT2D eigenvalue weighted by Crippen LogP contribution is 2.23. The van der Waals surface area contributed by atoms with E-state index < -0.39 is 11.6 Å². The molecule has 0 aromatic heterocycles. The summed E-state index contributed by atoms with van der Waals surface area (Å²) in [6.45, 7) is 0.0960. The molecule has 0 fully saturated rings. The van der Waals surface area contributed by atoms with Gasteiger partial charge >= 0.3 is 0 Å². The molecule has 1 N–H and O–H groups in total. The summed E-state index contributed by atoms with van der Waals surface area (Å²) < 4.78 is 28.4. The zero-order chi connectivity index (χ0) is 13.1. The number of nitrogens with one attached hydrogen (secondary N) is 1. The van der Waals surface area contributed by atoms with E-state index in [4.69, 9.17) is 0 Å². The minimum atomic E-state index is -0.570. The zero-order valence-electron chi connectivity index (χ0n) is 9.18. The second-order valence-electron chi connectivity index (χ2n) is 3.68. The molecule has 5 heteroatoms. The molecule has 0 spiro atoms. The Morgan fingerprint density at radius 1 is 0.944 bits per heavy atom. The Morgan fingerprint density at radius 3 is 2.28 bits per heavy atom. The van der Waals surface area contributed by atoms with Crippen LogP contribution in [0, 0.1) is 11.6 Å². The first kappa shape index (κ1) is 13.5. The molecule has 0 aliphatic carbocycles. The summed E-state index contributed by atoms with van der Waals surface area (Å²) in [5.41, 5.74) is 0.823. The minimum absolute atomic E-state index is 0.0206. The van der Waals surface area contributed by atoms with E-state index in [1.54, 1.807) is 0 Å². The third kappa shape index (κ3) is 3.09. The highest BCUT2D eigenvalue weighted by Gasteiger charge is 2.11. The van der Waals surface area contributed by atoms with Crippen LogP contribution >= 0.6 is 31.9 Å². The van der Waals surface area contributed by atoms with Crippen molar-refractivity contribution in [2.45, 2.75) is 6.54 Å². The smallest absolute Gasteiger partial charge is 0.145 e. The molecule has 0 aliphatic heterocycles. The van der Waals surface area contributed by atoms with Crippen molar-refractivity contribution in [3.63, 3.8) is 0 Å². The van der Waals surface area contributed by atoms with E-state index in [1.807, 2.05) is 24.3 Å². The summed E-state index contributed by atoms with van der Waals surface area (Å²) in [6, 6.07) is 9.97. The van der Waals surface area contributed by atoms with Crippen molar-refractivity contribution in [3.8, 4) is 0 Å². The predicted octanol–water partition coefficient (Wildman–Crippen LogP) is 5.10. The van der Waals surface area contributed by atoms with Crippen molar-refractivity contribution in [1.29, 1.82) is 0 Å². The maximum absolute atomic E-state index is 13.7. The Balaban J connectivity index is 2.15. The lowest BCUT2D eigenvalue weighted by Gasteiger charge is -2.09. The summed E-state index contributed by atoms with van der Waals surface area (Å²) in [5.74, 6) is -1.13. The van der Waals surface area contributed by atoms with E-state index in [1.165, 1.54) is 12.1 Å². The SMILES string of the molecule is Fc1ccc(Br)c(F)c1CNc1ccc(Br)cc1. The van der Waals surface area contributed by atoms with Gasteiger partial charge in [-0.3, -0.25) is 0 Å². The van der Waals surface area contributed by atoms with Gasteiger partial charge in [-0.1, -0.05) is 15.9 Å². The van der Waals surface area contributed by atoms with Crippen LogP contribution in [0.2, 0.25) is 0 Å². The molecule has 0 bridgehead atoms. The Labute approximate surface area is 120 Å². The average molecular weight is 377 g/mol. The maximum atomic E-state index is 13.7. The Bertz CT molecular complexity index is 556. The van der Waals surface area contributed by atoms with Crippen LogP contribution in [0.15, 0.2) is 45.3 Å². The van der Waals surface area contributed by atoms with Gasteiger partial charge in [-0.25, -0.2) is 8.78 Å². The molecule has 0 saturated carbocycles. The Hall–Kier alpha value is -0.940. The first-order chi connectivity index (χ1) is 8.58. The molecule has 1 nitrogen and oxygen atoms in total. The van der Waals surface area contributed by atoms with Crippen molar-refractivity contribution in [1.82, 2.24) is 0 Å². The second kappa shape index (κ2) is 5.80. The highest BCUT2D eigenvalue weighted by atomic mass is 79.9. The van der Waals surface area contributed by atoms with E-state index >= 15 is 0 Å². The van der Waals surface area contributed by atoms with Crippen LogP contribution in [0.1, 0.15) is 5.56 Å². The molecular weight excluding hydrogens is 368 g/mol. The standard InChI is InChI=1S/C13H9Br2F2N/c14-8-1-3-9(4-2-8)18-7-10-12(16)6-5-11(15)13(10)17/h1-6,18H,7H2. The molecule has 2 rings (SSSR count). The van der Waals surface area contributed by atoms with Crippen LogP contribution < -0.4 is 5.32 Å². The molecular formula is C13H9Br2F2N. The van der Waals surface area contributed by atoms with E-state index in [-0.39, 0.29) is 16.6 Å². The van der Waals surface area contributed by atoms with Gasteiger partial charge in [0.05, 0.1) is 4.47 Å². The summed E-state index contributed by atoms with van der Waals surface area (Å²) >= 11 is 6.36. The molecule has 0 amide bonds. The summed E-state index contributed by atoms with van der Waals surface area (Å²) in [4.78, 5) is 0. The normalized spacial score (nSPS) is 10.4. The Kier molecular flexibility index (Phi) is 4.35. The van der Waals surface area contributed by atoms with Gasteiger partial charge in [0.2, 0.25) is 0 Å². The van der Waals surface area contributed by atoms with E-state index in [2.05, 4.69) is 37.2 Å². The average Bonchev–Trinajstić information content (AvgIpc) is 2.36. The largest absolute Gasteiger partial charge is 0.381 e. The molecule has 18 heavy (non-hydrogen) atoms. The predicted molar refractivity (Wildman–Crippen MR) is 75.5 cm³/mol. The van der Waals surface area contributed by atoms with Gasteiger partial charge in [-0.2, -0.15) is 0 Å². The molecule has 2 aromatic carbocycles. The number of anilines is 1. The molecule has 0 saturated heterocycles. The topological polar surface area (TPSA) is 12.0 Å². The van der Waals surface area contributed by atoms with Gasteiger partial charge < -0.3 is 5.32 Å². The fraction of sp³-hybridized carbons (Fsp3) is 0.0769. The maximum Gasteiger partial charge on any atom is 0.145 e. The zero-order valence-corrected chi connectivity index (χ0v) is 12.4. The molecule has 94 valence electrons. The number of hydrogen-bond acceptors (Lipinski definition) is 1. The molecule has 2 aromatic rings. The van der Waals surface area contributed by atoms with E-state index in [0.29, 0.717) is 0 Å². The summed E-state index contributed by atoms with van der Waals surface area (Å²) in [6.07, 6.45) is 0. The quantitative estimate of drug-likeness (QED) is 0.734. The monoisotopic (exact) mass is 375 g/mol. The third-order valence-corrected chi connectivity index (χ3v) is 3.59. The van der Waals surface area contributed by atoms with Crippen molar-refractivity contribution in [2.24, 2.45) is 0 Å². The lowest BCUT2D eigenvalue weighted by molar-refractivity contribution is 0.555. The molecule has 0 aliphatic rings. The Morgan fingerprint density at radius 2 is 1.61 bits per heavy atom. The van der Waals surface area contributed by atoms with Gasteiger partial charge in [0.1, 0.15) is 11.6 Å². The van der Waals surface area contributed by atoms with Crippen LogP contribution in [-0.2, 0) is 6.54 Å². The second-order valence-corrected chi connectivity index (χ2v) is 5.45. The molecule has 0 unspecified atom stereocenters. The molecule has 0 heterocycles. The van der Waals surface area contributed by atoms with Crippen LogP contribution in [-0.4, -0.2) is 0 Å². The van der Waals surface area contributed by atoms with Crippen molar-refractivity contribution in [3.05, 3.63) is 62.5 Å². The summed E-state index contributed by atoms with van der Waals surface area (Å²) in [7, 11) is 0. The molecule has 0 atom stereocenters. The number of rotatable bonds is 3. The lowest BCUT2D eigenvalue weighted by Crippen LogP contribution is -2.05. The lowest BCUT2D eigenvalue weighted by atomic mass is 10.2. The summed E-state index contributed by atoms with van der Waals surface area (Å²) in [5, 5.41) is 2.98. The fourth-order valence-electron chi connectivity index (χ4n) is 1.49. The number of benzene rings is 2. The van der Waals surface area contributed by atoms with E-state index in [9.17, 15) is 8.78 Å². The fourth-order valence-corrected chi connectivity index (χ4v) is 2.13. The van der Waals surface area contributed by atoms with Crippen molar-refractivity contribution < 1.29 is 8.78 Å². The van der Waals surface area contributed by atoms with Crippen LogP contribution in [0.3, 0.4) is 0 Å². The first-order valence-corrected chi connectivity index (χ1v) is 6.78. The van der Waals surface area contributed by atoms with Crippen LogP contribution in [0.5, 0.6) is 0 Å². The highest BCUT2D eigenvalue weighted by molar-refractivity contribution is 9.10. The van der Waals surface area contributed by atoms with Gasteiger partial charge in [0.15, 0.2) is 0 Å². The van der Waals surface area contributed by atoms with Crippen LogP contribution in [0.4, 0.5) is 14.5 Å². The van der Waals surface area contributed by atoms with Crippen molar-refractivity contribution >= 4 is 37.5 Å².